The summed E-state index contributed by atoms with van der Waals surface area (Å²) in [5, 5.41) is 2.83. The molecular formula is C24H20N4O5S. The molecule has 1 aliphatic rings. The highest BCUT2D eigenvalue weighted by Gasteiger charge is 2.19. The highest BCUT2D eigenvalue weighted by atomic mass is 32.2. The standard InChI is InChI=1S/C24H20N4O5S/c29-24(26-18-5-7-20(8-6-18)28-12-11-25-16-28)17-1-3-19(4-2-17)27-34(30,31)21-9-10-22-23(15-21)33-14-13-32-22/h1-12,15-16,27H,13-14H2,(H,26,29). The minimum Gasteiger partial charge on any atom is -0.486 e. The van der Waals surface area contributed by atoms with Gasteiger partial charge >= 0.3 is 0 Å². The van der Waals surface area contributed by atoms with Crippen LogP contribution in [0, 0.1) is 0 Å². The predicted molar refractivity (Wildman–Crippen MR) is 126 cm³/mol. The lowest BCUT2D eigenvalue weighted by atomic mass is 10.2. The van der Waals surface area contributed by atoms with E-state index < -0.39 is 10.0 Å². The molecule has 5 rings (SSSR count). The van der Waals surface area contributed by atoms with E-state index in [9.17, 15) is 13.2 Å². The van der Waals surface area contributed by atoms with Crippen LogP contribution in [0.25, 0.3) is 5.69 Å². The first-order chi connectivity index (χ1) is 16.5. The van der Waals surface area contributed by atoms with E-state index in [0.717, 1.165) is 5.69 Å². The van der Waals surface area contributed by atoms with E-state index in [2.05, 4.69) is 15.0 Å². The van der Waals surface area contributed by atoms with E-state index in [1.165, 1.54) is 24.3 Å². The van der Waals surface area contributed by atoms with Gasteiger partial charge in [-0.3, -0.25) is 9.52 Å². The van der Waals surface area contributed by atoms with Crippen LogP contribution in [-0.4, -0.2) is 37.1 Å². The summed E-state index contributed by atoms with van der Waals surface area (Å²) in [5.74, 6) is 0.591. The Morgan fingerprint density at radius 1 is 0.882 bits per heavy atom. The van der Waals surface area contributed by atoms with E-state index in [4.69, 9.17) is 9.47 Å². The summed E-state index contributed by atoms with van der Waals surface area (Å²) in [6, 6.07) is 17.9. The molecule has 0 bridgehead atoms. The lowest BCUT2D eigenvalue weighted by Crippen LogP contribution is -2.17. The van der Waals surface area contributed by atoms with Crippen molar-refractivity contribution in [2.45, 2.75) is 4.90 Å². The monoisotopic (exact) mass is 476 g/mol. The van der Waals surface area contributed by atoms with Gasteiger partial charge in [0.25, 0.3) is 15.9 Å². The van der Waals surface area contributed by atoms with Gasteiger partial charge in [-0.1, -0.05) is 0 Å². The summed E-state index contributed by atoms with van der Waals surface area (Å²) in [6.07, 6.45) is 5.21. The largest absolute Gasteiger partial charge is 0.486 e. The van der Waals surface area contributed by atoms with Crippen LogP contribution in [0.2, 0.25) is 0 Å². The topological polar surface area (TPSA) is 112 Å². The first-order valence-electron chi connectivity index (χ1n) is 10.4. The second-order valence-corrected chi connectivity index (χ2v) is 9.14. The summed E-state index contributed by atoms with van der Waals surface area (Å²) in [6.45, 7) is 0.788. The van der Waals surface area contributed by atoms with Gasteiger partial charge in [-0.25, -0.2) is 13.4 Å². The Morgan fingerprint density at radius 3 is 2.29 bits per heavy atom. The third-order valence-corrected chi connectivity index (χ3v) is 6.53. The van der Waals surface area contributed by atoms with E-state index in [-0.39, 0.29) is 10.8 Å². The summed E-state index contributed by atoms with van der Waals surface area (Å²) < 4.78 is 40.8. The van der Waals surface area contributed by atoms with Crippen molar-refractivity contribution in [2.75, 3.05) is 23.3 Å². The van der Waals surface area contributed by atoms with Crippen molar-refractivity contribution in [2.24, 2.45) is 0 Å². The predicted octanol–water partition coefficient (Wildman–Crippen LogP) is 3.70. The maximum atomic E-state index is 12.8. The Morgan fingerprint density at radius 2 is 1.59 bits per heavy atom. The Labute approximate surface area is 196 Å². The average Bonchev–Trinajstić information content (AvgIpc) is 3.39. The zero-order valence-electron chi connectivity index (χ0n) is 17.8. The van der Waals surface area contributed by atoms with Gasteiger partial charge in [0.2, 0.25) is 0 Å². The van der Waals surface area contributed by atoms with Gasteiger partial charge in [-0.05, 0) is 60.7 Å². The molecule has 0 spiro atoms. The van der Waals surface area contributed by atoms with Gasteiger partial charge < -0.3 is 19.4 Å². The molecule has 0 saturated heterocycles. The van der Waals surface area contributed by atoms with Crippen LogP contribution in [-0.2, 0) is 10.0 Å². The molecule has 0 radical (unpaired) electrons. The quantitative estimate of drug-likeness (QED) is 0.439. The molecular weight excluding hydrogens is 456 g/mol. The van der Waals surface area contributed by atoms with Gasteiger partial charge in [-0.2, -0.15) is 0 Å². The van der Waals surface area contributed by atoms with Gasteiger partial charge in [0.05, 0.1) is 11.2 Å². The molecule has 2 N–H and O–H groups in total. The Kier molecular flexibility index (Phi) is 5.64. The number of rotatable bonds is 6. The van der Waals surface area contributed by atoms with Crippen LogP contribution in [0.3, 0.4) is 0 Å². The van der Waals surface area contributed by atoms with Crippen molar-refractivity contribution in [3.63, 3.8) is 0 Å². The zero-order valence-corrected chi connectivity index (χ0v) is 18.7. The number of aromatic nitrogens is 2. The van der Waals surface area contributed by atoms with Crippen LogP contribution in [0.1, 0.15) is 10.4 Å². The number of anilines is 2. The lowest BCUT2D eigenvalue weighted by molar-refractivity contribution is 0.102. The number of benzene rings is 3. The molecule has 2 heterocycles. The van der Waals surface area contributed by atoms with Gasteiger partial charge in [-0.15, -0.1) is 0 Å². The molecule has 34 heavy (non-hydrogen) atoms. The molecule has 172 valence electrons. The molecule has 0 fully saturated rings. The molecule has 4 aromatic rings. The Hall–Kier alpha value is -4.31. The molecule has 0 atom stereocenters. The van der Waals surface area contributed by atoms with E-state index >= 15 is 0 Å². The molecule has 0 aliphatic carbocycles. The number of nitrogens with one attached hydrogen (secondary N) is 2. The van der Waals surface area contributed by atoms with Crippen molar-refractivity contribution in [1.29, 1.82) is 0 Å². The molecule has 10 heteroatoms. The first-order valence-corrected chi connectivity index (χ1v) is 11.9. The van der Waals surface area contributed by atoms with Crippen LogP contribution in [0.4, 0.5) is 11.4 Å². The second-order valence-electron chi connectivity index (χ2n) is 7.46. The maximum absolute atomic E-state index is 12.8. The number of amides is 1. The maximum Gasteiger partial charge on any atom is 0.262 e. The SMILES string of the molecule is O=C(Nc1ccc(-n2ccnc2)cc1)c1ccc(NS(=O)(=O)c2ccc3c(c2)OCCO3)cc1. The molecule has 0 unspecified atom stereocenters. The van der Waals surface area contributed by atoms with E-state index in [1.807, 2.05) is 22.9 Å². The van der Waals surface area contributed by atoms with Gasteiger partial charge in [0.15, 0.2) is 11.5 Å². The summed E-state index contributed by atoms with van der Waals surface area (Å²) >= 11 is 0. The molecule has 0 saturated carbocycles. The first kappa shape index (κ1) is 21.5. The highest BCUT2D eigenvalue weighted by molar-refractivity contribution is 7.92. The number of fused-ring (bicyclic) bond motifs is 1. The number of sulfonamides is 1. The van der Waals surface area contributed by atoms with Gasteiger partial charge in [0, 0.05) is 41.1 Å². The summed E-state index contributed by atoms with van der Waals surface area (Å²) in [5.41, 5.74) is 2.28. The Bertz CT molecular complexity index is 1420. The fourth-order valence-electron chi connectivity index (χ4n) is 3.43. The number of imidazole rings is 1. The fraction of sp³-hybridized carbons (Fsp3) is 0.0833. The minimum absolute atomic E-state index is 0.0534. The average molecular weight is 477 g/mol. The van der Waals surface area contributed by atoms with Crippen LogP contribution >= 0.6 is 0 Å². The zero-order chi connectivity index (χ0) is 23.5. The number of hydrogen-bond acceptors (Lipinski definition) is 6. The van der Waals surface area contributed by atoms with Crippen molar-refractivity contribution in [1.82, 2.24) is 9.55 Å². The summed E-state index contributed by atoms with van der Waals surface area (Å²) in [4.78, 5) is 16.7. The summed E-state index contributed by atoms with van der Waals surface area (Å²) in [7, 11) is -3.84. The van der Waals surface area contributed by atoms with E-state index in [1.54, 1.807) is 42.9 Å². The van der Waals surface area contributed by atoms with Crippen LogP contribution < -0.4 is 19.5 Å². The third-order valence-electron chi connectivity index (χ3n) is 5.15. The number of nitrogens with zero attached hydrogens (tertiary/aromatic N) is 2. The number of hydrogen-bond donors (Lipinski definition) is 2. The van der Waals surface area contributed by atoms with E-state index in [0.29, 0.717) is 41.7 Å². The lowest BCUT2D eigenvalue weighted by Gasteiger charge is -2.19. The van der Waals surface area contributed by atoms with Crippen LogP contribution in [0.5, 0.6) is 11.5 Å². The Balaban J connectivity index is 1.24. The van der Waals surface area contributed by atoms with Crippen molar-refractivity contribution < 1.29 is 22.7 Å². The smallest absolute Gasteiger partial charge is 0.262 e. The molecule has 9 nitrogen and oxygen atoms in total. The number of ether oxygens (including phenoxy) is 2. The highest BCUT2D eigenvalue weighted by Crippen LogP contribution is 2.32. The fourth-order valence-corrected chi connectivity index (χ4v) is 4.50. The number of carbonyl (C=O) groups is 1. The number of carbonyl (C=O) groups excluding carboxylic acids is 1. The molecule has 1 amide bonds. The normalized spacial score (nSPS) is 12.7. The molecule has 1 aliphatic heterocycles. The molecule has 3 aromatic carbocycles. The second kappa shape index (κ2) is 8.91. The van der Waals surface area contributed by atoms with Crippen LogP contribution in [0.15, 0.2) is 90.3 Å². The van der Waals surface area contributed by atoms with Crippen molar-refractivity contribution in [3.05, 3.63) is 91.0 Å². The minimum atomic E-state index is -3.84. The third kappa shape index (κ3) is 4.57. The van der Waals surface area contributed by atoms with Crippen molar-refractivity contribution >= 4 is 27.3 Å². The van der Waals surface area contributed by atoms with Crippen molar-refractivity contribution in [3.8, 4) is 17.2 Å². The van der Waals surface area contributed by atoms with Gasteiger partial charge in [0.1, 0.15) is 13.2 Å². The molecule has 1 aromatic heterocycles.